The Balaban J connectivity index is 0.000000158. The second-order valence-electron chi connectivity index (χ2n) is 11.3. The van der Waals surface area contributed by atoms with Crippen molar-refractivity contribution in [1.29, 1.82) is 0 Å². The molecule has 3 aromatic carbocycles. The van der Waals surface area contributed by atoms with Gasteiger partial charge >= 0.3 is 5.97 Å². The number of ketones is 1. The SMILES string of the molecule is CC(OC(=O)C12CC3CC(C1)C(=O)C(C3)C2)C(C)(F)F.c1ccc([S+](c2ccccc2)c2ccccc2)cc1. The summed E-state index contributed by atoms with van der Waals surface area (Å²) >= 11 is 0. The van der Waals surface area contributed by atoms with Crippen LogP contribution in [0.2, 0.25) is 0 Å². The number of benzene rings is 3. The molecular formula is C33H35F2O3S+. The van der Waals surface area contributed by atoms with E-state index in [0.717, 1.165) is 19.8 Å². The summed E-state index contributed by atoms with van der Waals surface area (Å²) in [6.45, 7) is 1.98. The minimum atomic E-state index is -3.03. The van der Waals surface area contributed by atoms with Gasteiger partial charge in [-0.25, -0.2) is 8.78 Å². The van der Waals surface area contributed by atoms with Crippen molar-refractivity contribution in [2.75, 3.05) is 0 Å². The molecule has 3 unspecified atom stereocenters. The van der Waals surface area contributed by atoms with E-state index in [1.807, 2.05) is 0 Å². The Morgan fingerprint density at radius 3 is 1.62 bits per heavy atom. The smallest absolute Gasteiger partial charge is 0.312 e. The molecule has 204 valence electrons. The Bertz CT molecular complexity index is 1160. The average molecular weight is 550 g/mol. The summed E-state index contributed by atoms with van der Waals surface area (Å²) < 4.78 is 31.4. The van der Waals surface area contributed by atoms with Gasteiger partial charge in [-0.05, 0) is 81.3 Å². The second kappa shape index (κ2) is 11.2. The Morgan fingerprint density at radius 1 is 0.821 bits per heavy atom. The van der Waals surface area contributed by atoms with Crippen molar-refractivity contribution in [3.8, 4) is 0 Å². The van der Waals surface area contributed by atoms with Crippen LogP contribution >= 0.6 is 0 Å². The summed E-state index contributed by atoms with van der Waals surface area (Å²) in [6.07, 6.45) is 2.01. The van der Waals surface area contributed by atoms with Crippen LogP contribution in [0.15, 0.2) is 106 Å². The molecule has 4 aliphatic carbocycles. The van der Waals surface area contributed by atoms with Crippen molar-refractivity contribution >= 4 is 22.6 Å². The number of ether oxygens (including phenoxy) is 1. The predicted octanol–water partition coefficient (Wildman–Crippen LogP) is 7.75. The third-order valence-electron chi connectivity index (χ3n) is 8.36. The molecule has 0 spiro atoms. The van der Waals surface area contributed by atoms with E-state index in [-0.39, 0.29) is 28.5 Å². The van der Waals surface area contributed by atoms with Gasteiger partial charge in [0.2, 0.25) is 0 Å². The molecule has 4 fully saturated rings. The van der Waals surface area contributed by atoms with Crippen LogP contribution in [-0.2, 0) is 25.2 Å². The van der Waals surface area contributed by atoms with Gasteiger partial charge in [-0.2, -0.15) is 0 Å². The summed E-state index contributed by atoms with van der Waals surface area (Å²) in [5, 5.41) is 0. The molecule has 4 bridgehead atoms. The number of alkyl halides is 2. The molecule has 7 rings (SSSR count). The molecule has 0 N–H and O–H groups in total. The third kappa shape index (κ3) is 5.96. The number of carbonyl (C=O) groups excluding carboxylic acids is 2. The summed E-state index contributed by atoms with van der Waals surface area (Å²) in [5.41, 5.74) is -0.677. The van der Waals surface area contributed by atoms with Crippen molar-refractivity contribution in [1.82, 2.24) is 0 Å². The van der Waals surface area contributed by atoms with Crippen LogP contribution in [0.5, 0.6) is 0 Å². The Hall–Kier alpha value is -2.99. The van der Waals surface area contributed by atoms with Crippen molar-refractivity contribution in [3.63, 3.8) is 0 Å². The number of rotatable bonds is 6. The largest absolute Gasteiger partial charge is 0.456 e. The lowest BCUT2D eigenvalue weighted by atomic mass is 9.49. The molecule has 0 saturated heterocycles. The Labute approximate surface area is 232 Å². The number of hydrogen-bond acceptors (Lipinski definition) is 3. The van der Waals surface area contributed by atoms with E-state index in [0.29, 0.717) is 25.2 Å². The molecule has 0 aromatic heterocycles. The van der Waals surface area contributed by atoms with Gasteiger partial charge in [0.05, 0.1) is 16.3 Å². The lowest BCUT2D eigenvalue weighted by Crippen LogP contribution is -2.55. The molecule has 39 heavy (non-hydrogen) atoms. The zero-order chi connectivity index (χ0) is 27.6. The molecule has 0 heterocycles. The van der Waals surface area contributed by atoms with E-state index in [1.54, 1.807) is 0 Å². The highest BCUT2D eigenvalue weighted by Gasteiger charge is 2.59. The van der Waals surface area contributed by atoms with Crippen LogP contribution in [0, 0.1) is 23.2 Å². The number of carbonyl (C=O) groups is 2. The quantitative estimate of drug-likeness (QED) is 0.233. The van der Waals surface area contributed by atoms with E-state index in [4.69, 9.17) is 4.74 Å². The number of esters is 1. The van der Waals surface area contributed by atoms with Gasteiger partial charge in [0.15, 0.2) is 20.8 Å². The highest BCUT2D eigenvalue weighted by molar-refractivity contribution is 7.97. The standard InChI is InChI=1S/C18H15S.C15H20F2O3/c1-4-10-16(11-5-1)19(17-12-6-2-7-13-17)18-14-8-3-9-15-18;1-8(14(2,16)17)20-13(19)15-5-9-3-10(6-15)12(18)11(4-9)7-15/h1-15H;8-11H,3-7H2,1-2H3/q+1;. The number of hydrogen-bond donors (Lipinski definition) is 0. The van der Waals surface area contributed by atoms with Gasteiger partial charge in [-0.1, -0.05) is 54.6 Å². The van der Waals surface area contributed by atoms with Crippen LogP contribution in [0.25, 0.3) is 0 Å². The van der Waals surface area contributed by atoms with Crippen molar-refractivity contribution in [2.45, 2.75) is 72.7 Å². The topological polar surface area (TPSA) is 43.4 Å². The van der Waals surface area contributed by atoms with Crippen molar-refractivity contribution in [2.24, 2.45) is 23.2 Å². The molecule has 3 atom stereocenters. The highest BCUT2D eigenvalue weighted by Crippen LogP contribution is 2.59. The van der Waals surface area contributed by atoms with E-state index in [9.17, 15) is 18.4 Å². The van der Waals surface area contributed by atoms with Gasteiger partial charge < -0.3 is 4.74 Å². The third-order valence-corrected chi connectivity index (χ3v) is 10.6. The van der Waals surface area contributed by atoms with Crippen LogP contribution in [0.4, 0.5) is 8.78 Å². The lowest BCUT2D eigenvalue weighted by Gasteiger charge is -2.54. The molecule has 4 saturated carbocycles. The monoisotopic (exact) mass is 549 g/mol. The zero-order valence-corrected chi connectivity index (χ0v) is 23.2. The summed E-state index contributed by atoms with van der Waals surface area (Å²) in [5.74, 6) is -2.99. The normalized spacial score (nSPS) is 26.1. The second-order valence-corrected chi connectivity index (χ2v) is 13.3. The van der Waals surface area contributed by atoms with Crippen molar-refractivity contribution < 1.29 is 23.1 Å². The predicted molar refractivity (Wildman–Crippen MR) is 149 cm³/mol. The van der Waals surface area contributed by atoms with E-state index in [1.165, 1.54) is 21.6 Å². The summed E-state index contributed by atoms with van der Waals surface area (Å²) in [4.78, 5) is 28.5. The van der Waals surface area contributed by atoms with Crippen molar-refractivity contribution in [3.05, 3.63) is 91.0 Å². The minimum absolute atomic E-state index is 0.0146. The fourth-order valence-electron chi connectivity index (χ4n) is 6.46. The molecule has 6 heteroatoms. The number of Topliss-reactive ketones (excluding diaryl/α,β-unsaturated/α-hetero) is 1. The van der Waals surface area contributed by atoms with Gasteiger partial charge in [-0.15, -0.1) is 0 Å². The number of halogens is 2. The van der Waals surface area contributed by atoms with Gasteiger partial charge in [0.1, 0.15) is 5.78 Å². The van der Waals surface area contributed by atoms with Gasteiger partial charge in [0.25, 0.3) is 5.92 Å². The van der Waals surface area contributed by atoms with E-state index in [2.05, 4.69) is 91.0 Å². The molecule has 0 aliphatic heterocycles. The zero-order valence-electron chi connectivity index (χ0n) is 22.4. The van der Waals surface area contributed by atoms with Gasteiger partial charge in [0, 0.05) is 18.8 Å². The highest BCUT2D eigenvalue weighted by atomic mass is 32.2. The van der Waals surface area contributed by atoms with Crippen LogP contribution < -0.4 is 0 Å². The van der Waals surface area contributed by atoms with Crippen LogP contribution in [0.1, 0.15) is 46.0 Å². The van der Waals surface area contributed by atoms with Gasteiger partial charge in [-0.3, -0.25) is 9.59 Å². The minimum Gasteiger partial charge on any atom is -0.456 e. The maximum Gasteiger partial charge on any atom is 0.312 e. The van der Waals surface area contributed by atoms with Crippen LogP contribution in [0.3, 0.4) is 0 Å². The molecule has 4 aliphatic rings. The first kappa shape index (κ1) is 27.6. The Kier molecular flexibility index (Phi) is 7.95. The maximum absolute atomic E-state index is 13.2. The molecular weight excluding hydrogens is 514 g/mol. The average Bonchev–Trinajstić information content (AvgIpc) is 2.93. The fourth-order valence-corrected chi connectivity index (χ4v) is 8.57. The lowest BCUT2D eigenvalue weighted by molar-refractivity contribution is -0.192. The van der Waals surface area contributed by atoms with Crippen LogP contribution in [-0.4, -0.2) is 23.8 Å². The first-order chi connectivity index (χ1) is 18.7. The van der Waals surface area contributed by atoms with E-state index >= 15 is 0 Å². The molecule has 0 radical (unpaired) electrons. The molecule has 0 amide bonds. The molecule has 3 nitrogen and oxygen atoms in total. The molecule has 3 aromatic rings. The fraction of sp³-hybridized carbons (Fsp3) is 0.394. The first-order valence-electron chi connectivity index (χ1n) is 13.7. The van der Waals surface area contributed by atoms with E-state index < -0.39 is 23.4 Å². The first-order valence-corrected chi connectivity index (χ1v) is 14.9. The Morgan fingerprint density at radius 2 is 1.23 bits per heavy atom. The summed E-state index contributed by atoms with van der Waals surface area (Å²) in [7, 11) is -0.0146. The maximum atomic E-state index is 13.2. The summed E-state index contributed by atoms with van der Waals surface area (Å²) in [6, 6.07) is 32.2.